The molecule has 44 heavy (non-hydrogen) atoms. The lowest BCUT2D eigenvalue weighted by Gasteiger charge is -2.21. The number of aryl methyl sites for hydroxylation is 2. The zero-order valence-electron chi connectivity index (χ0n) is 26.0. The van der Waals surface area contributed by atoms with Gasteiger partial charge in [-0.2, -0.15) is 5.10 Å². The number of aromatic nitrogens is 4. The third kappa shape index (κ3) is 6.41. The van der Waals surface area contributed by atoms with E-state index in [1.165, 1.54) is 12.1 Å². The van der Waals surface area contributed by atoms with Crippen LogP contribution in [0, 0.1) is 12.7 Å². The van der Waals surface area contributed by atoms with Gasteiger partial charge in [-0.15, -0.1) is 0 Å². The second kappa shape index (κ2) is 14.8. The van der Waals surface area contributed by atoms with Gasteiger partial charge in [-0.3, -0.25) is 19.5 Å². The first-order chi connectivity index (χ1) is 21.2. The number of nitrogens with two attached hydrogens (primary N) is 1. The highest BCUT2D eigenvalue weighted by Crippen LogP contribution is 2.41. The van der Waals surface area contributed by atoms with E-state index in [4.69, 9.17) is 20.6 Å². The second-order valence-corrected chi connectivity index (χ2v) is 9.87. The first-order valence-corrected chi connectivity index (χ1v) is 14.7. The van der Waals surface area contributed by atoms with E-state index in [1.54, 1.807) is 24.5 Å². The maximum Gasteiger partial charge on any atom is 0.293 e. The number of fused-ring (bicyclic) bond motifs is 4. The summed E-state index contributed by atoms with van der Waals surface area (Å²) in [7, 11) is 0. The summed E-state index contributed by atoms with van der Waals surface area (Å²) in [5.41, 5.74) is 11.5. The van der Waals surface area contributed by atoms with E-state index in [2.05, 4.69) is 10.2 Å². The molecule has 1 amide bonds. The maximum absolute atomic E-state index is 14.5. The van der Waals surface area contributed by atoms with Crippen molar-refractivity contribution >= 4 is 23.3 Å². The zero-order valence-corrected chi connectivity index (χ0v) is 26.0. The second-order valence-electron chi connectivity index (χ2n) is 9.87. The molecule has 0 saturated heterocycles. The molecule has 0 saturated carbocycles. The predicted octanol–water partition coefficient (Wildman–Crippen LogP) is 4.14. The smallest absolute Gasteiger partial charge is 0.293 e. The lowest BCUT2D eigenvalue weighted by Crippen LogP contribution is -2.26. The Morgan fingerprint density at radius 3 is 2.43 bits per heavy atom. The molecule has 12 heteroatoms. The highest BCUT2D eigenvalue weighted by atomic mass is 19.1. The van der Waals surface area contributed by atoms with Gasteiger partial charge in [-0.1, -0.05) is 27.7 Å². The van der Waals surface area contributed by atoms with Gasteiger partial charge in [0.1, 0.15) is 18.1 Å². The van der Waals surface area contributed by atoms with Gasteiger partial charge in [0.2, 0.25) is 0 Å². The fourth-order valence-electron chi connectivity index (χ4n) is 5.53. The van der Waals surface area contributed by atoms with Crippen molar-refractivity contribution in [2.24, 2.45) is 5.73 Å². The molecule has 0 bridgehead atoms. The summed E-state index contributed by atoms with van der Waals surface area (Å²) < 4.78 is 21.0. The summed E-state index contributed by atoms with van der Waals surface area (Å²) in [4.78, 5) is 39.0. The number of carbonyl (C=O) groups excluding carboxylic acids is 2. The molecular weight excluding hydrogens is 569 g/mol. The average Bonchev–Trinajstić information content (AvgIpc) is 3.67. The van der Waals surface area contributed by atoms with E-state index >= 15 is 0 Å². The van der Waals surface area contributed by atoms with Crippen molar-refractivity contribution in [2.75, 3.05) is 0 Å². The molecular formula is C32H40FN5O6. The molecule has 1 aromatic carbocycles. The maximum atomic E-state index is 14.5. The number of nitrogens with one attached hydrogen (secondary N) is 1. The van der Waals surface area contributed by atoms with Gasteiger partial charge in [0.15, 0.2) is 0 Å². The minimum atomic E-state index is -0.914. The largest absolute Gasteiger partial charge is 0.463 e. The zero-order chi connectivity index (χ0) is 32.7. The number of ether oxygens (including phenoxy) is 1. The van der Waals surface area contributed by atoms with E-state index in [9.17, 15) is 23.9 Å². The number of hydrogen-bond donors (Lipinski definition) is 4. The van der Waals surface area contributed by atoms with E-state index in [1.807, 2.05) is 27.7 Å². The Balaban J connectivity index is 0.000000319. The molecule has 1 atom stereocenters. The van der Waals surface area contributed by atoms with Gasteiger partial charge < -0.3 is 25.3 Å². The predicted molar refractivity (Wildman–Crippen MR) is 164 cm³/mol. The Bertz CT molecular complexity index is 1730. The molecule has 0 fully saturated rings. The summed E-state index contributed by atoms with van der Waals surface area (Å²) in [5.74, 6) is -0.866. The third-order valence-electron chi connectivity index (χ3n) is 7.46. The summed E-state index contributed by atoms with van der Waals surface area (Å²) in [6, 6.07) is 4.62. The summed E-state index contributed by atoms with van der Waals surface area (Å²) >= 11 is 0. The van der Waals surface area contributed by atoms with Crippen molar-refractivity contribution in [3.63, 3.8) is 0 Å². The Morgan fingerprint density at radius 2 is 1.86 bits per heavy atom. The molecule has 4 heterocycles. The number of benzene rings is 1. The van der Waals surface area contributed by atoms with Gasteiger partial charge in [0.05, 0.1) is 47.4 Å². The number of carbonyl (C=O) groups is 2. The van der Waals surface area contributed by atoms with Gasteiger partial charge in [-0.25, -0.2) is 9.37 Å². The third-order valence-corrected chi connectivity index (χ3v) is 7.46. The van der Waals surface area contributed by atoms with E-state index < -0.39 is 12.0 Å². The molecule has 0 radical (unpaired) electrons. The van der Waals surface area contributed by atoms with Crippen LogP contribution < -0.4 is 11.3 Å². The molecule has 1 aliphatic heterocycles. The lowest BCUT2D eigenvalue weighted by atomic mass is 9.85. The molecule has 4 aromatic rings. The molecule has 1 aliphatic carbocycles. The van der Waals surface area contributed by atoms with Gasteiger partial charge >= 0.3 is 0 Å². The van der Waals surface area contributed by atoms with Crippen molar-refractivity contribution in [3.05, 3.63) is 79.1 Å². The minimum absolute atomic E-state index is 0.143. The molecule has 5 N–H and O–H groups in total. The molecule has 2 aliphatic rings. The monoisotopic (exact) mass is 609 g/mol. The van der Waals surface area contributed by atoms with Crippen LogP contribution >= 0.6 is 0 Å². The van der Waals surface area contributed by atoms with Crippen LogP contribution in [0.3, 0.4) is 0 Å². The fourth-order valence-corrected chi connectivity index (χ4v) is 5.53. The molecule has 0 spiro atoms. The SMILES string of the molecule is CC.CC.Cc1c(F)cc2nc3c(c4c2c1CCC4)Cn1c-3cc(C(C)O)c(COC=O)c1=O.NC(=O)c1cc(CO)[nH]n1. The number of primary amides is 1. The van der Waals surface area contributed by atoms with Crippen molar-refractivity contribution in [1.29, 1.82) is 0 Å². The van der Waals surface area contributed by atoms with Crippen LogP contribution in [0.25, 0.3) is 22.3 Å². The summed E-state index contributed by atoms with van der Waals surface area (Å²) in [5, 5.41) is 25.7. The number of nitrogens with zero attached hydrogens (tertiary/aromatic N) is 3. The molecule has 11 nitrogen and oxygen atoms in total. The lowest BCUT2D eigenvalue weighted by molar-refractivity contribution is -0.129. The topological polar surface area (TPSA) is 173 Å². The van der Waals surface area contributed by atoms with Crippen molar-refractivity contribution in [1.82, 2.24) is 19.7 Å². The first-order valence-electron chi connectivity index (χ1n) is 14.7. The normalized spacial score (nSPS) is 12.8. The Labute approximate surface area is 254 Å². The summed E-state index contributed by atoms with van der Waals surface area (Å²) in [6.45, 7) is 11.7. The number of amides is 1. The van der Waals surface area contributed by atoms with Crippen LogP contribution in [0.1, 0.15) is 96.7 Å². The summed E-state index contributed by atoms with van der Waals surface area (Å²) in [6.07, 6.45) is 1.68. The van der Waals surface area contributed by atoms with Crippen molar-refractivity contribution < 1.29 is 28.9 Å². The number of H-pyrrole nitrogens is 1. The standard InChI is InChI=1S/C23H21FN2O4.C5H7N3O2.2C2H6/c1-11-13-4-3-5-14-16-8-26-20(22(16)25-19(21(13)14)7-18(11)24)6-15(12(2)28)17(23(26)29)9-30-10-27;6-5(10)4-1-3(2-9)7-8-4;2*1-2/h6-7,10,12,28H,3-5,8-9H2,1-2H3;1,9H,2H2,(H2,6,10)(H,7,8);2*1-2H3. The van der Waals surface area contributed by atoms with Gasteiger partial charge in [0, 0.05) is 17.0 Å². The number of aromatic amines is 1. The fraction of sp³-hybridized carbons (Fsp3) is 0.406. The first kappa shape index (κ1) is 34.1. The van der Waals surface area contributed by atoms with Crippen LogP contribution in [0.4, 0.5) is 4.39 Å². The Kier molecular flexibility index (Phi) is 11.5. The molecule has 1 unspecified atom stereocenters. The molecule has 3 aromatic heterocycles. The number of pyridine rings is 2. The quantitative estimate of drug-likeness (QED) is 0.208. The van der Waals surface area contributed by atoms with Gasteiger partial charge in [0.25, 0.3) is 17.9 Å². The number of hydrogen-bond acceptors (Lipinski definition) is 8. The minimum Gasteiger partial charge on any atom is -0.463 e. The van der Waals surface area contributed by atoms with E-state index in [0.717, 1.165) is 41.3 Å². The van der Waals surface area contributed by atoms with Crippen LogP contribution in [0.2, 0.25) is 0 Å². The molecule has 6 rings (SSSR count). The van der Waals surface area contributed by atoms with E-state index in [0.29, 0.717) is 40.3 Å². The Morgan fingerprint density at radius 1 is 1.18 bits per heavy atom. The average molecular weight is 610 g/mol. The highest BCUT2D eigenvalue weighted by Gasteiger charge is 2.31. The van der Waals surface area contributed by atoms with Crippen LogP contribution in [-0.4, -0.2) is 42.3 Å². The highest BCUT2D eigenvalue weighted by molar-refractivity contribution is 5.92. The van der Waals surface area contributed by atoms with E-state index in [-0.39, 0.29) is 42.3 Å². The Hall–Kier alpha value is -4.42. The number of halogens is 1. The molecule has 236 valence electrons. The van der Waals surface area contributed by atoms with Gasteiger partial charge in [-0.05, 0) is 67.5 Å². The number of aliphatic hydroxyl groups is 2. The number of aliphatic hydroxyl groups excluding tert-OH is 2. The van der Waals surface area contributed by atoms with Crippen molar-refractivity contribution in [3.8, 4) is 11.4 Å². The van der Waals surface area contributed by atoms with Crippen LogP contribution in [-0.2, 0) is 42.1 Å². The van der Waals surface area contributed by atoms with Crippen LogP contribution in [0.5, 0.6) is 0 Å². The van der Waals surface area contributed by atoms with Crippen LogP contribution in [0.15, 0.2) is 23.0 Å². The number of rotatable bonds is 6. The van der Waals surface area contributed by atoms with Crippen molar-refractivity contribution in [2.45, 2.75) is 86.7 Å².